The van der Waals surface area contributed by atoms with E-state index in [0.717, 1.165) is 11.2 Å². The van der Waals surface area contributed by atoms with Crippen LogP contribution in [0.15, 0.2) is 59.5 Å². The molecule has 3 rings (SSSR count). The van der Waals surface area contributed by atoms with Gasteiger partial charge in [0.25, 0.3) is 0 Å². The van der Waals surface area contributed by atoms with Crippen molar-refractivity contribution < 1.29 is 32.2 Å². The normalized spacial score (nSPS) is 12.8. The number of halogens is 1. The van der Waals surface area contributed by atoms with Crippen LogP contribution in [-0.4, -0.2) is 54.0 Å². The quantitative estimate of drug-likeness (QED) is 0.495. The highest BCUT2D eigenvalue weighted by Crippen LogP contribution is 2.35. The maximum absolute atomic E-state index is 13.6. The van der Waals surface area contributed by atoms with E-state index < -0.39 is 39.4 Å². The number of amides is 1. The van der Waals surface area contributed by atoms with Crippen molar-refractivity contribution in [2.24, 2.45) is 0 Å². The Labute approximate surface area is 209 Å². The molecule has 1 heterocycles. The molecule has 1 unspecified atom stereocenters. The van der Waals surface area contributed by atoms with Crippen molar-refractivity contribution in [3.05, 3.63) is 71.7 Å². The van der Waals surface area contributed by atoms with Crippen molar-refractivity contribution in [1.29, 1.82) is 0 Å². The van der Waals surface area contributed by atoms with Crippen LogP contribution in [0.2, 0.25) is 0 Å². The lowest BCUT2D eigenvalue weighted by Gasteiger charge is -2.28. The van der Waals surface area contributed by atoms with Gasteiger partial charge < -0.3 is 14.4 Å². The molecule has 3 aromatic rings. The van der Waals surface area contributed by atoms with Crippen LogP contribution in [-0.2, 0) is 19.4 Å². The van der Waals surface area contributed by atoms with Gasteiger partial charge in [0.15, 0.2) is 15.9 Å². The van der Waals surface area contributed by atoms with Crippen LogP contribution >= 0.6 is 0 Å². The van der Waals surface area contributed by atoms with Crippen LogP contribution in [0.25, 0.3) is 16.9 Å². The van der Waals surface area contributed by atoms with Crippen LogP contribution in [0.1, 0.15) is 38.1 Å². The predicted octanol–water partition coefficient (Wildman–Crippen LogP) is 4.99. The SMILES string of the molecule is Cc1c(C(C(=O)O)N(C)C(=O)OC(C)(C)C)cc(-c2ccc(S(C)(=O)=O)cc2)n1-c1ccc(F)cc1. The molecule has 0 aliphatic carbocycles. The molecule has 0 saturated heterocycles. The van der Waals surface area contributed by atoms with Gasteiger partial charge in [-0.15, -0.1) is 0 Å². The molecule has 8 nitrogen and oxygen atoms in total. The van der Waals surface area contributed by atoms with Crippen molar-refractivity contribution in [2.45, 2.75) is 44.2 Å². The number of likely N-dealkylation sites (N-methyl/N-ethyl adjacent to an activating group) is 1. The number of hydrogen-bond donors (Lipinski definition) is 1. The van der Waals surface area contributed by atoms with Gasteiger partial charge in [0.2, 0.25) is 0 Å². The van der Waals surface area contributed by atoms with Crippen LogP contribution in [0.4, 0.5) is 9.18 Å². The number of nitrogens with zero attached hydrogens (tertiary/aromatic N) is 2. The molecular formula is C26H29FN2O6S. The summed E-state index contributed by atoms with van der Waals surface area (Å²) in [6.07, 6.45) is 0.304. The largest absolute Gasteiger partial charge is 0.479 e. The average Bonchev–Trinajstić information content (AvgIpc) is 3.09. The molecule has 0 bridgehead atoms. The van der Waals surface area contributed by atoms with E-state index in [9.17, 15) is 27.5 Å². The Balaban J connectivity index is 2.22. The molecule has 10 heteroatoms. The molecule has 0 radical (unpaired) electrons. The number of rotatable bonds is 6. The standard InChI is InChI=1S/C26H29FN2O6S/c1-16-21(23(24(30)31)28(5)25(32)35-26(2,3)4)15-22(29(16)19-11-9-18(27)10-12-19)17-7-13-20(14-8-17)36(6,33)34/h7-15,23H,1-6H3,(H,30,31). The summed E-state index contributed by atoms with van der Waals surface area (Å²) < 4.78 is 44.6. The molecule has 0 aliphatic heterocycles. The van der Waals surface area contributed by atoms with E-state index in [1.807, 2.05) is 0 Å². The van der Waals surface area contributed by atoms with Crippen LogP contribution in [0.3, 0.4) is 0 Å². The second-order valence-electron chi connectivity index (χ2n) is 9.51. The van der Waals surface area contributed by atoms with Crippen molar-refractivity contribution in [2.75, 3.05) is 13.3 Å². The van der Waals surface area contributed by atoms with E-state index in [1.54, 1.807) is 62.6 Å². The number of carboxylic acid groups (broad SMARTS) is 1. The first kappa shape index (κ1) is 26.9. The maximum Gasteiger partial charge on any atom is 0.411 e. The van der Waals surface area contributed by atoms with Gasteiger partial charge in [0, 0.05) is 30.2 Å². The average molecular weight is 517 g/mol. The van der Waals surface area contributed by atoms with Crippen molar-refractivity contribution in [1.82, 2.24) is 9.47 Å². The predicted molar refractivity (Wildman–Crippen MR) is 133 cm³/mol. The number of carbonyl (C=O) groups excluding carboxylic acids is 1. The highest BCUT2D eigenvalue weighted by Gasteiger charge is 2.34. The van der Waals surface area contributed by atoms with E-state index in [-0.39, 0.29) is 4.90 Å². The first-order chi connectivity index (χ1) is 16.6. The number of carboxylic acids is 1. The second kappa shape index (κ2) is 9.77. The summed E-state index contributed by atoms with van der Waals surface area (Å²) in [5.41, 5.74) is 1.71. The van der Waals surface area contributed by atoms with Gasteiger partial charge in [0.05, 0.1) is 10.6 Å². The molecule has 0 aliphatic rings. The minimum Gasteiger partial charge on any atom is -0.479 e. The zero-order valence-corrected chi connectivity index (χ0v) is 21.8. The highest BCUT2D eigenvalue weighted by atomic mass is 32.2. The zero-order chi connectivity index (χ0) is 27.0. The third kappa shape index (κ3) is 5.76. The van der Waals surface area contributed by atoms with Crippen molar-refractivity contribution in [3.63, 3.8) is 0 Å². The Kier molecular flexibility index (Phi) is 7.31. The first-order valence-electron chi connectivity index (χ1n) is 11.1. The summed E-state index contributed by atoms with van der Waals surface area (Å²) >= 11 is 0. The molecule has 0 saturated carbocycles. The second-order valence-corrected chi connectivity index (χ2v) is 11.5. The van der Waals surface area contributed by atoms with Gasteiger partial charge >= 0.3 is 12.1 Å². The Morgan fingerprint density at radius 1 is 1.06 bits per heavy atom. The first-order valence-corrected chi connectivity index (χ1v) is 13.0. The summed E-state index contributed by atoms with van der Waals surface area (Å²) in [6, 6.07) is 12.1. The lowest BCUT2D eigenvalue weighted by Crippen LogP contribution is -2.39. The topological polar surface area (TPSA) is 106 Å². The van der Waals surface area contributed by atoms with E-state index >= 15 is 0 Å². The number of carbonyl (C=O) groups is 2. The lowest BCUT2D eigenvalue weighted by molar-refractivity contribution is -0.143. The molecule has 1 aromatic heterocycles. The van der Waals surface area contributed by atoms with Gasteiger partial charge in [0.1, 0.15) is 11.4 Å². The van der Waals surface area contributed by atoms with Gasteiger partial charge in [-0.25, -0.2) is 22.4 Å². The fraction of sp³-hybridized carbons (Fsp3) is 0.308. The fourth-order valence-corrected chi connectivity index (χ4v) is 4.49. The zero-order valence-electron chi connectivity index (χ0n) is 20.9. The number of aliphatic carboxylic acids is 1. The van der Waals surface area contributed by atoms with Gasteiger partial charge in [-0.05, 0) is 75.7 Å². The molecule has 1 atom stereocenters. The van der Waals surface area contributed by atoms with Gasteiger partial charge in [-0.3, -0.25) is 4.90 Å². The van der Waals surface area contributed by atoms with E-state index in [2.05, 4.69) is 0 Å². The minimum atomic E-state index is -3.42. The van der Waals surface area contributed by atoms with E-state index in [0.29, 0.717) is 28.2 Å². The minimum absolute atomic E-state index is 0.135. The summed E-state index contributed by atoms with van der Waals surface area (Å²) in [5, 5.41) is 10.1. The van der Waals surface area contributed by atoms with E-state index in [4.69, 9.17) is 4.74 Å². The van der Waals surface area contributed by atoms with Crippen LogP contribution in [0, 0.1) is 12.7 Å². The number of benzene rings is 2. The van der Waals surface area contributed by atoms with Gasteiger partial charge in [-0.2, -0.15) is 0 Å². The van der Waals surface area contributed by atoms with Crippen molar-refractivity contribution >= 4 is 21.9 Å². The summed E-state index contributed by atoms with van der Waals surface area (Å²) in [6.45, 7) is 6.75. The molecular weight excluding hydrogens is 487 g/mol. The fourth-order valence-electron chi connectivity index (χ4n) is 3.86. The summed E-state index contributed by atoms with van der Waals surface area (Å²) in [7, 11) is -2.07. The van der Waals surface area contributed by atoms with Crippen molar-refractivity contribution in [3.8, 4) is 16.9 Å². The summed E-state index contributed by atoms with van der Waals surface area (Å²) in [5.74, 6) is -1.70. The number of ether oxygens (including phenoxy) is 1. The summed E-state index contributed by atoms with van der Waals surface area (Å²) in [4.78, 5) is 26.3. The Morgan fingerprint density at radius 2 is 1.61 bits per heavy atom. The maximum atomic E-state index is 13.6. The number of aromatic nitrogens is 1. The lowest BCUT2D eigenvalue weighted by atomic mass is 10.1. The third-order valence-corrected chi connectivity index (χ3v) is 6.68. The molecule has 192 valence electrons. The smallest absolute Gasteiger partial charge is 0.411 e. The van der Waals surface area contributed by atoms with Crippen LogP contribution in [0.5, 0.6) is 0 Å². The van der Waals surface area contributed by atoms with Gasteiger partial charge in [-0.1, -0.05) is 12.1 Å². The Bertz CT molecular complexity index is 1390. The van der Waals surface area contributed by atoms with E-state index in [1.165, 1.54) is 31.3 Å². The highest BCUT2D eigenvalue weighted by molar-refractivity contribution is 7.90. The molecule has 1 N–H and O–H groups in total. The molecule has 0 spiro atoms. The molecule has 2 aromatic carbocycles. The van der Waals surface area contributed by atoms with Crippen LogP contribution < -0.4 is 0 Å². The Hall–Kier alpha value is -3.66. The molecule has 36 heavy (non-hydrogen) atoms. The molecule has 0 fully saturated rings. The third-order valence-electron chi connectivity index (χ3n) is 5.55. The molecule has 1 amide bonds. The monoisotopic (exact) mass is 516 g/mol. The Morgan fingerprint density at radius 3 is 2.08 bits per heavy atom. The number of hydrogen-bond acceptors (Lipinski definition) is 5. The number of sulfone groups is 1.